The molecule has 0 bridgehead atoms. The van der Waals surface area contributed by atoms with Gasteiger partial charge in [0.05, 0.1) is 11.4 Å². The van der Waals surface area contributed by atoms with Crippen molar-refractivity contribution in [1.82, 2.24) is 4.31 Å². The number of likely N-dealkylation sites (N-methyl/N-ethyl adjacent to an activating group) is 1. The minimum Gasteiger partial charge on any atom is -0.314 e. The lowest BCUT2D eigenvalue weighted by atomic mass is 10.2. The number of hydrogen-bond acceptors (Lipinski definition) is 3. The zero-order valence-electron chi connectivity index (χ0n) is 16.2. The molecule has 0 saturated heterocycles. The van der Waals surface area contributed by atoms with Crippen LogP contribution in [0.25, 0.3) is 0 Å². The molecule has 1 amide bonds. The van der Waals surface area contributed by atoms with E-state index in [1.807, 2.05) is 18.2 Å². The summed E-state index contributed by atoms with van der Waals surface area (Å²) < 4.78 is 27.7. The second kappa shape index (κ2) is 9.62. The highest BCUT2D eigenvalue weighted by Crippen LogP contribution is 2.25. The first-order valence-electron chi connectivity index (χ1n) is 9.10. The van der Waals surface area contributed by atoms with Crippen LogP contribution >= 0.6 is 23.2 Å². The Hall–Kier alpha value is -2.38. The molecule has 0 aliphatic carbocycles. The Morgan fingerprint density at radius 2 is 1.50 bits per heavy atom. The summed E-state index contributed by atoms with van der Waals surface area (Å²) >= 11 is 12.2. The second-order valence-electron chi connectivity index (χ2n) is 6.61. The fourth-order valence-electron chi connectivity index (χ4n) is 2.86. The van der Waals surface area contributed by atoms with Gasteiger partial charge in [-0.05, 0) is 42.0 Å². The third-order valence-corrected chi connectivity index (χ3v) is 6.96. The molecule has 0 N–H and O–H groups in total. The van der Waals surface area contributed by atoms with Crippen molar-refractivity contribution in [3.63, 3.8) is 0 Å². The number of hydrogen-bond donors (Lipinski definition) is 0. The highest BCUT2D eigenvalue weighted by Gasteiger charge is 2.28. The van der Waals surface area contributed by atoms with Crippen molar-refractivity contribution >= 4 is 44.8 Å². The van der Waals surface area contributed by atoms with Gasteiger partial charge in [-0.1, -0.05) is 65.7 Å². The maximum Gasteiger partial charge on any atom is 0.243 e. The van der Waals surface area contributed by atoms with E-state index in [-0.39, 0.29) is 23.9 Å². The van der Waals surface area contributed by atoms with Crippen molar-refractivity contribution in [3.05, 3.63) is 94.5 Å². The Morgan fingerprint density at radius 1 is 0.900 bits per heavy atom. The van der Waals surface area contributed by atoms with E-state index in [4.69, 9.17) is 23.2 Å². The predicted molar refractivity (Wildman–Crippen MR) is 120 cm³/mol. The van der Waals surface area contributed by atoms with Gasteiger partial charge in [0.1, 0.15) is 0 Å². The number of rotatable bonds is 7. The van der Waals surface area contributed by atoms with E-state index in [0.29, 0.717) is 21.3 Å². The number of carbonyl (C=O) groups is 1. The summed E-state index contributed by atoms with van der Waals surface area (Å²) in [6, 6.07) is 21.9. The van der Waals surface area contributed by atoms with E-state index in [1.54, 1.807) is 55.6 Å². The van der Waals surface area contributed by atoms with Crippen molar-refractivity contribution in [3.8, 4) is 0 Å². The summed E-state index contributed by atoms with van der Waals surface area (Å²) in [7, 11) is -2.33. The minimum absolute atomic E-state index is 0.0679. The maximum absolute atomic E-state index is 13.3. The molecule has 8 heteroatoms. The standard InChI is InChI=1S/C22H20Cl2N2O3S/c1-25(19-8-4-2-5-9-19)22(27)16-26(15-17-12-13-18(23)14-21(17)24)30(28,29)20-10-6-3-7-11-20/h2-14H,15-16H2,1H3. The fraction of sp³-hybridized carbons (Fsp3) is 0.136. The first kappa shape index (κ1) is 22.3. The van der Waals surface area contributed by atoms with Crippen LogP contribution in [-0.2, 0) is 21.4 Å². The first-order chi connectivity index (χ1) is 14.3. The molecule has 0 spiro atoms. The quantitative estimate of drug-likeness (QED) is 0.504. The zero-order valence-corrected chi connectivity index (χ0v) is 18.5. The highest BCUT2D eigenvalue weighted by atomic mass is 35.5. The summed E-state index contributed by atoms with van der Waals surface area (Å²) in [5, 5.41) is 0.778. The van der Waals surface area contributed by atoms with Crippen molar-refractivity contribution in [2.45, 2.75) is 11.4 Å². The van der Waals surface area contributed by atoms with Crippen LogP contribution in [0.3, 0.4) is 0 Å². The number of benzene rings is 3. The van der Waals surface area contributed by atoms with Gasteiger partial charge in [0, 0.05) is 29.3 Å². The van der Waals surface area contributed by atoms with Crippen molar-refractivity contribution in [2.75, 3.05) is 18.5 Å². The molecule has 30 heavy (non-hydrogen) atoms. The molecule has 5 nitrogen and oxygen atoms in total. The van der Waals surface area contributed by atoms with Gasteiger partial charge in [-0.25, -0.2) is 8.42 Å². The number of nitrogens with zero attached hydrogens (tertiary/aromatic N) is 2. The number of sulfonamides is 1. The third-order valence-electron chi connectivity index (χ3n) is 4.57. The molecule has 3 rings (SSSR count). The molecule has 0 aromatic heterocycles. The van der Waals surface area contributed by atoms with Crippen LogP contribution < -0.4 is 4.90 Å². The molecule has 0 aliphatic heterocycles. The Morgan fingerprint density at radius 3 is 2.10 bits per heavy atom. The summed E-state index contributed by atoms with van der Waals surface area (Å²) in [5.41, 5.74) is 1.22. The topological polar surface area (TPSA) is 57.7 Å². The van der Waals surface area contributed by atoms with Gasteiger partial charge in [-0.3, -0.25) is 4.79 Å². The van der Waals surface area contributed by atoms with Crippen molar-refractivity contribution in [2.24, 2.45) is 0 Å². The van der Waals surface area contributed by atoms with Crippen LogP contribution in [0.1, 0.15) is 5.56 Å². The van der Waals surface area contributed by atoms with Crippen LogP contribution in [0.5, 0.6) is 0 Å². The molecule has 0 radical (unpaired) electrons. The smallest absolute Gasteiger partial charge is 0.243 e. The summed E-state index contributed by atoms with van der Waals surface area (Å²) in [6.45, 7) is -0.414. The molecule has 0 unspecified atom stereocenters. The van der Waals surface area contributed by atoms with Gasteiger partial charge >= 0.3 is 0 Å². The van der Waals surface area contributed by atoms with Crippen LogP contribution in [0.2, 0.25) is 10.0 Å². The van der Waals surface area contributed by atoms with E-state index in [0.717, 1.165) is 4.31 Å². The third kappa shape index (κ3) is 5.21. The monoisotopic (exact) mass is 462 g/mol. The van der Waals surface area contributed by atoms with E-state index in [1.165, 1.54) is 17.0 Å². The summed E-state index contributed by atoms with van der Waals surface area (Å²) in [6.07, 6.45) is 0. The largest absolute Gasteiger partial charge is 0.314 e. The number of halogens is 2. The van der Waals surface area contributed by atoms with Gasteiger partial charge < -0.3 is 4.90 Å². The lowest BCUT2D eigenvalue weighted by molar-refractivity contribution is -0.118. The maximum atomic E-state index is 13.3. The van der Waals surface area contributed by atoms with Crippen molar-refractivity contribution < 1.29 is 13.2 Å². The summed E-state index contributed by atoms with van der Waals surface area (Å²) in [5.74, 6) is -0.370. The lowest BCUT2D eigenvalue weighted by Crippen LogP contribution is -2.41. The van der Waals surface area contributed by atoms with Gasteiger partial charge in [-0.15, -0.1) is 0 Å². The minimum atomic E-state index is -3.94. The van der Waals surface area contributed by atoms with Crippen LogP contribution in [0, 0.1) is 0 Å². The molecular weight excluding hydrogens is 443 g/mol. The van der Waals surface area contributed by atoms with Gasteiger partial charge in [0.15, 0.2) is 0 Å². The molecule has 0 heterocycles. The Bertz CT molecular complexity index is 1120. The van der Waals surface area contributed by atoms with Crippen LogP contribution in [0.4, 0.5) is 5.69 Å². The Balaban J connectivity index is 1.94. The zero-order chi connectivity index (χ0) is 21.7. The average molecular weight is 463 g/mol. The fourth-order valence-corrected chi connectivity index (χ4v) is 4.72. The Labute approximate surface area is 186 Å². The number of anilines is 1. The highest BCUT2D eigenvalue weighted by molar-refractivity contribution is 7.89. The van der Waals surface area contributed by atoms with Gasteiger partial charge in [-0.2, -0.15) is 4.31 Å². The average Bonchev–Trinajstić information content (AvgIpc) is 2.75. The van der Waals surface area contributed by atoms with E-state index >= 15 is 0 Å². The number of amides is 1. The van der Waals surface area contributed by atoms with E-state index < -0.39 is 10.0 Å². The SMILES string of the molecule is CN(C(=O)CN(Cc1ccc(Cl)cc1Cl)S(=O)(=O)c1ccccc1)c1ccccc1. The normalized spacial score (nSPS) is 11.5. The molecule has 3 aromatic rings. The van der Waals surface area contributed by atoms with Crippen LogP contribution in [-0.4, -0.2) is 32.2 Å². The van der Waals surface area contributed by atoms with E-state index in [2.05, 4.69) is 0 Å². The summed E-state index contributed by atoms with van der Waals surface area (Å²) in [4.78, 5) is 14.5. The molecule has 156 valence electrons. The first-order valence-corrected chi connectivity index (χ1v) is 11.3. The lowest BCUT2D eigenvalue weighted by Gasteiger charge is -2.25. The van der Waals surface area contributed by atoms with Gasteiger partial charge in [0.25, 0.3) is 0 Å². The Kier molecular flexibility index (Phi) is 7.15. The molecular formula is C22H20Cl2N2O3S. The second-order valence-corrected chi connectivity index (χ2v) is 9.39. The molecule has 0 saturated carbocycles. The van der Waals surface area contributed by atoms with Crippen LogP contribution in [0.15, 0.2) is 83.8 Å². The van der Waals surface area contributed by atoms with Crippen molar-refractivity contribution in [1.29, 1.82) is 0 Å². The van der Waals surface area contributed by atoms with Gasteiger partial charge in [0.2, 0.25) is 15.9 Å². The number of carbonyl (C=O) groups excluding carboxylic acids is 1. The molecule has 3 aromatic carbocycles. The van der Waals surface area contributed by atoms with E-state index in [9.17, 15) is 13.2 Å². The predicted octanol–water partition coefficient (Wildman–Crippen LogP) is 4.85. The number of para-hydroxylation sites is 1. The molecule has 0 aliphatic rings. The molecule has 0 fully saturated rings. The molecule has 0 atom stereocenters.